The molecule has 4 nitrogen and oxygen atoms in total. The van der Waals surface area contributed by atoms with Gasteiger partial charge in [-0.2, -0.15) is 0 Å². The van der Waals surface area contributed by atoms with Crippen LogP contribution in [-0.2, 0) is 4.79 Å². The maximum absolute atomic E-state index is 11.1. The summed E-state index contributed by atoms with van der Waals surface area (Å²) in [4.78, 5) is 17.4. The van der Waals surface area contributed by atoms with E-state index in [1.807, 2.05) is 30.1 Å². The first-order chi connectivity index (χ1) is 7.18. The largest absolute Gasteiger partial charge is 0.481 e. The smallest absolute Gasteiger partial charge is 0.308 e. The fourth-order valence-electron chi connectivity index (χ4n) is 2.15. The highest BCUT2D eigenvalue weighted by molar-refractivity contribution is 5.72. The number of aromatic nitrogens is 1. The summed E-state index contributed by atoms with van der Waals surface area (Å²) in [5.41, 5.74) is 0.884. The molecule has 0 saturated carbocycles. The lowest BCUT2D eigenvalue weighted by Crippen LogP contribution is -2.21. The predicted molar refractivity (Wildman–Crippen MR) is 55.6 cm³/mol. The van der Waals surface area contributed by atoms with Crippen LogP contribution in [0.15, 0.2) is 24.4 Å². The monoisotopic (exact) mass is 206 g/mol. The zero-order valence-corrected chi connectivity index (χ0v) is 8.63. The third kappa shape index (κ3) is 1.99. The lowest BCUT2D eigenvalue weighted by molar-refractivity contribution is -0.141. The van der Waals surface area contributed by atoms with Crippen molar-refractivity contribution >= 4 is 5.97 Å². The first-order valence-corrected chi connectivity index (χ1v) is 5.01. The van der Waals surface area contributed by atoms with Gasteiger partial charge in [-0.15, -0.1) is 0 Å². The number of hydrogen-bond donors (Lipinski definition) is 1. The molecule has 0 bridgehead atoms. The van der Waals surface area contributed by atoms with Crippen molar-refractivity contribution in [2.75, 3.05) is 20.1 Å². The van der Waals surface area contributed by atoms with E-state index in [0.717, 1.165) is 12.2 Å². The number of carboxylic acids is 1. The van der Waals surface area contributed by atoms with E-state index in [0.29, 0.717) is 6.54 Å². The Labute approximate surface area is 88.6 Å². The lowest BCUT2D eigenvalue weighted by atomic mass is 9.93. The molecule has 2 unspecified atom stereocenters. The second-order valence-corrected chi connectivity index (χ2v) is 4.03. The van der Waals surface area contributed by atoms with Gasteiger partial charge in [-0.3, -0.25) is 9.78 Å². The highest BCUT2D eigenvalue weighted by atomic mass is 16.4. The molecular formula is C11H14N2O2. The molecule has 2 rings (SSSR count). The average molecular weight is 206 g/mol. The van der Waals surface area contributed by atoms with E-state index < -0.39 is 5.97 Å². The van der Waals surface area contributed by atoms with Crippen LogP contribution in [0, 0.1) is 5.92 Å². The minimum atomic E-state index is -0.727. The molecule has 1 saturated heterocycles. The maximum Gasteiger partial charge on any atom is 0.308 e. The van der Waals surface area contributed by atoms with E-state index >= 15 is 0 Å². The second kappa shape index (κ2) is 3.98. The van der Waals surface area contributed by atoms with Gasteiger partial charge in [-0.05, 0) is 19.2 Å². The normalized spacial score (nSPS) is 26.7. The Morgan fingerprint density at radius 1 is 1.53 bits per heavy atom. The van der Waals surface area contributed by atoms with Crippen LogP contribution < -0.4 is 0 Å². The molecule has 0 spiro atoms. The van der Waals surface area contributed by atoms with E-state index in [9.17, 15) is 4.79 Å². The molecule has 2 atom stereocenters. The van der Waals surface area contributed by atoms with Gasteiger partial charge in [0.15, 0.2) is 0 Å². The van der Waals surface area contributed by atoms with E-state index in [1.165, 1.54) is 0 Å². The molecule has 0 radical (unpaired) electrons. The Morgan fingerprint density at radius 2 is 2.33 bits per heavy atom. The number of aliphatic carboxylic acids is 1. The molecule has 0 amide bonds. The molecule has 1 N–H and O–H groups in total. The van der Waals surface area contributed by atoms with Crippen LogP contribution in [0.4, 0.5) is 0 Å². The van der Waals surface area contributed by atoms with Crippen molar-refractivity contribution in [1.82, 2.24) is 9.88 Å². The fraction of sp³-hybridized carbons (Fsp3) is 0.455. The van der Waals surface area contributed by atoms with Crippen LogP contribution in [-0.4, -0.2) is 41.1 Å². The van der Waals surface area contributed by atoms with Gasteiger partial charge in [0.25, 0.3) is 0 Å². The van der Waals surface area contributed by atoms with E-state index in [4.69, 9.17) is 5.11 Å². The minimum absolute atomic E-state index is 0.0219. The van der Waals surface area contributed by atoms with Crippen molar-refractivity contribution in [3.63, 3.8) is 0 Å². The van der Waals surface area contributed by atoms with Crippen LogP contribution in [0.5, 0.6) is 0 Å². The molecule has 15 heavy (non-hydrogen) atoms. The number of carboxylic acid groups (broad SMARTS) is 1. The van der Waals surface area contributed by atoms with E-state index in [2.05, 4.69) is 4.98 Å². The number of carbonyl (C=O) groups is 1. The molecule has 1 aliphatic rings. The van der Waals surface area contributed by atoms with Crippen LogP contribution in [0.25, 0.3) is 0 Å². The van der Waals surface area contributed by atoms with Gasteiger partial charge in [0.2, 0.25) is 0 Å². The first-order valence-electron chi connectivity index (χ1n) is 5.01. The standard InChI is InChI=1S/C11H14N2O2/c1-13-6-8(9(7-13)11(14)15)10-4-2-3-5-12-10/h2-5,8-9H,6-7H2,1H3,(H,14,15). The number of pyridine rings is 1. The van der Waals surface area contributed by atoms with Gasteiger partial charge in [-0.1, -0.05) is 6.07 Å². The van der Waals surface area contributed by atoms with Gasteiger partial charge >= 0.3 is 5.97 Å². The summed E-state index contributed by atoms with van der Waals surface area (Å²) in [5.74, 6) is -1.03. The molecule has 1 aromatic rings. The highest BCUT2D eigenvalue weighted by Gasteiger charge is 2.37. The van der Waals surface area contributed by atoms with E-state index in [-0.39, 0.29) is 11.8 Å². The summed E-state index contributed by atoms with van der Waals surface area (Å²) < 4.78 is 0. The zero-order chi connectivity index (χ0) is 10.8. The molecule has 0 aliphatic carbocycles. The van der Waals surface area contributed by atoms with Crippen molar-refractivity contribution in [2.24, 2.45) is 5.92 Å². The van der Waals surface area contributed by atoms with Crippen molar-refractivity contribution in [3.05, 3.63) is 30.1 Å². The fourth-order valence-corrected chi connectivity index (χ4v) is 2.15. The van der Waals surface area contributed by atoms with Gasteiger partial charge in [0.05, 0.1) is 5.92 Å². The van der Waals surface area contributed by atoms with Gasteiger partial charge < -0.3 is 10.0 Å². The Kier molecular flexibility index (Phi) is 2.68. The molecule has 1 aromatic heterocycles. The van der Waals surface area contributed by atoms with Crippen LogP contribution in [0.3, 0.4) is 0 Å². The summed E-state index contributed by atoms with van der Waals surface area (Å²) in [6.45, 7) is 1.38. The summed E-state index contributed by atoms with van der Waals surface area (Å²) in [5, 5.41) is 9.11. The van der Waals surface area contributed by atoms with Gasteiger partial charge in [0, 0.05) is 30.9 Å². The maximum atomic E-state index is 11.1. The molecule has 0 aromatic carbocycles. The molecular weight excluding hydrogens is 192 g/mol. The lowest BCUT2D eigenvalue weighted by Gasteiger charge is -2.13. The molecule has 1 aliphatic heterocycles. The molecule has 2 heterocycles. The van der Waals surface area contributed by atoms with Crippen molar-refractivity contribution < 1.29 is 9.90 Å². The number of likely N-dealkylation sites (tertiary alicyclic amines) is 1. The minimum Gasteiger partial charge on any atom is -0.481 e. The topological polar surface area (TPSA) is 53.4 Å². The quantitative estimate of drug-likeness (QED) is 0.778. The van der Waals surface area contributed by atoms with Crippen LogP contribution in [0.1, 0.15) is 11.6 Å². The Bertz CT molecular complexity index is 353. The SMILES string of the molecule is CN1CC(C(=O)O)C(c2ccccn2)C1. The number of rotatable bonds is 2. The second-order valence-electron chi connectivity index (χ2n) is 4.03. The molecule has 80 valence electrons. The number of nitrogens with zero attached hydrogens (tertiary/aromatic N) is 2. The van der Waals surface area contributed by atoms with Gasteiger partial charge in [0.1, 0.15) is 0 Å². The van der Waals surface area contributed by atoms with Crippen LogP contribution in [0.2, 0.25) is 0 Å². The summed E-state index contributed by atoms with van der Waals surface area (Å²) in [7, 11) is 1.94. The average Bonchev–Trinajstić information content (AvgIpc) is 2.62. The third-order valence-corrected chi connectivity index (χ3v) is 2.89. The Balaban J connectivity index is 2.24. The zero-order valence-electron chi connectivity index (χ0n) is 8.63. The number of hydrogen-bond acceptors (Lipinski definition) is 3. The van der Waals surface area contributed by atoms with E-state index in [1.54, 1.807) is 6.20 Å². The summed E-state index contributed by atoms with van der Waals surface area (Å²) in [6.07, 6.45) is 1.71. The van der Waals surface area contributed by atoms with Crippen molar-refractivity contribution in [3.8, 4) is 0 Å². The highest BCUT2D eigenvalue weighted by Crippen LogP contribution is 2.30. The van der Waals surface area contributed by atoms with Crippen molar-refractivity contribution in [2.45, 2.75) is 5.92 Å². The Morgan fingerprint density at radius 3 is 2.93 bits per heavy atom. The molecule has 1 fully saturated rings. The van der Waals surface area contributed by atoms with Crippen molar-refractivity contribution in [1.29, 1.82) is 0 Å². The third-order valence-electron chi connectivity index (χ3n) is 2.89. The molecule has 4 heteroatoms. The van der Waals surface area contributed by atoms with Crippen LogP contribution >= 0.6 is 0 Å². The Hall–Kier alpha value is -1.42. The number of likely N-dealkylation sites (N-methyl/N-ethyl adjacent to an activating group) is 1. The van der Waals surface area contributed by atoms with Gasteiger partial charge in [-0.25, -0.2) is 0 Å². The summed E-state index contributed by atoms with van der Waals surface area (Å²) in [6, 6.07) is 5.65. The predicted octanol–water partition coefficient (Wildman–Crippen LogP) is 0.811. The first kappa shape index (κ1) is 10.1. The summed E-state index contributed by atoms with van der Waals surface area (Å²) >= 11 is 0.